The summed E-state index contributed by atoms with van der Waals surface area (Å²) in [5.74, 6) is -0.372. The van der Waals surface area contributed by atoms with Crippen LogP contribution in [0.15, 0.2) is 60.7 Å². The molecule has 0 N–H and O–H groups in total. The Bertz CT molecular complexity index is 726. The summed E-state index contributed by atoms with van der Waals surface area (Å²) < 4.78 is 11.2. The molecule has 0 saturated carbocycles. The van der Waals surface area contributed by atoms with Gasteiger partial charge in [0.15, 0.2) is 0 Å². The second-order valence-electron chi connectivity index (χ2n) is 7.09. The van der Waals surface area contributed by atoms with Crippen molar-refractivity contribution in [2.24, 2.45) is 0 Å². The molecular formula is C24H30Cl2N2O4. The lowest BCUT2D eigenvalue weighted by Crippen LogP contribution is -2.35. The van der Waals surface area contributed by atoms with Crippen molar-refractivity contribution in [1.82, 2.24) is 9.80 Å². The molecule has 0 saturated heterocycles. The van der Waals surface area contributed by atoms with E-state index in [9.17, 15) is 9.59 Å². The lowest BCUT2D eigenvalue weighted by atomic mass is 10.2. The Morgan fingerprint density at radius 3 is 1.34 bits per heavy atom. The van der Waals surface area contributed by atoms with E-state index in [0.717, 1.165) is 11.1 Å². The topological polar surface area (TPSA) is 59.1 Å². The molecule has 0 fully saturated rings. The maximum atomic E-state index is 12.1. The molecule has 174 valence electrons. The number of hydrogen-bond acceptors (Lipinski definition) is 4. The molecule has 2 rings (SSSR count). The number of hydrogen-bond donors (Lipinski definition) is 0. The van der Waals surface area contributed by atoms with Gasteiger partial charge in [0.1, 0.15) is 11.8 Å². The SMILES string of the molecule is O=C(CCl)N(CCOCCOCCN(Cc1ccccc1)C(=O)CCl)Cc1ccccc1. The first kappa shape index (κ1) is 26.1. The molecular weight excluding hydrogens is 451 g/mol. The zero-order valence-electron chi connectivity index (χ0n) is 18.1. The van der Waals surface area contributed by atoms with Crippen LogP contribution in [0.3, 0.4) is 0 Å². The van der Waals surface area contributed by atoms with E-state index in [4.69, 9.17) is 32.7 Å². The maximum Gasteiger partial charge on any atom is 0.237 e. The molecule has 0 spiro atoms. The van der Waals surface area contributed by atoms with Crippen LogP contribution in [-0.4, -0.2) is 72.9 Å². The highest BCUT2D eigenvalue weighted by atomic mass is 35.5. The number of carbonyl (C=O) groups is 2. The van der Waals surface area contributed by atoms with Gasteiger partial charge in [0.25, 0.3) is 0 Å². The number of amides is 2. The first-order valence-corrected chi connectivity index (χ1v) is 11.6. The van der Waals surface area contributed by atoms with Crippen molar-refractivity contribution < 1.29 is 19.1 Å². The maximum absolute atomic E-state index is 12.1. The van der Waals surface area contributed by atoms with E-state index in [2.05, 4.69) is 0 Å². The molecule has 0 heterocycles. The second kappa shape index (κ2) is 15.6. The predicted molar refractivity (Wildman–Crippen MR) is 127 cm³/mol. The van der Waals surface area contributed by atoms with Gasteiger partial charge in [-0.1, -0.05) is 60.7 Å². The number of alkyl halides is 2. The van der Waals surface area contributed by atoms with Crippen LogP contribution in [0.4, 0.5) is 0 Å². The average molecular weight is 481 g/mol. The fourth-order valence-electron chi connectivity index (χ4n) is 3.03. The number of nitrogens with zero attached hydrogens (tertiary/aromatic N) is 2. The van der Waals surface area contributed by atoms with Crippen LogP contribution in [0.2, 0.25) is 0 Å². The van der Waals surface area contributed by atoms with Gasteiger partial charge in [0.2, 0.25) is 11.8 Å². The van der Waals surface area contributed by atoms with Crippen LogP contribution in [0.5, 0.6) is 0 Å². The van der Waals surface area contributed by atoms with Crippen LogP contribution in [-0.2, 0) is 32.2 Å². The third kappa shape index (κ3) is 10.0. The molecule has 6 nitrogen and oxygen atoms in total. The molecule has 8 heteroatoms. The summed E-state index contributed by atoms with van der Waals surface area (Å²) >= 11 is 11.5. The number of carbonyl (C=O) groups excluding carboxylic acids is 2. The van der Waals surface area contributed by atoms with Gasteiger partial charge < -0.3 is 19.3 Å². The monoisotopic (exact) mass is 480 g/mol. The van der Waals surface area contributed by atoms with Crippen molar-refractivity contribution in [3.8, 4) is 0 Å². The Hall–Kier alpha value is -2.12. The third-order valence-electron chi connectivity index (χ3n) is 4.75. The van der Waals surface area contributed by atoms with E-state index in [1.807, 2.05) is 60.7 Å². The molecule has 0 aliphatic carbocycles. The molecule has 0 aliphatic heterocycles. The lowest BCUT2D eigenvalue weighted by Gasteiger charge is -2.22. The van der Waals surface area contributed by atoms with Crippen molar-refractivity contribution in [2.45, 2.75) is 13.1 Å². The van der Waals surface area contributed by atoms with E-state index < -0.39 is 0 Å². The quantitative estimate of drug-likeness (QED) is 0.289. The molecule has 0 aliphatic rings. The number of ether oxygens (including phenoxy) is 2. The largest absolute Gasteiger partial charge is 0.377 e. The minimum Gasteiger partial charge on any atom is -0.377 e. The Morgan fingerprint density at radius 2 is 1.00 bits per heavy atom. The van der Waals surface area contributed by atoms with Gasteiger partial charge in [0, 0.05) is 26.2 Å². The Balaban J connectivity index is 1.63. The van der Waals surface area contributed by atoms with Gasteiger partial charge in [0.05, 0.1) is 26.4 Å². The second-order valence-corrected chi connectivity index (χ2v) is 7.63. The van der Waals surface area contributed by atoms with Crippen LogP contribution in [0, 0.1) is 0 Å². The van der Waals surface area contributed by atoms with Crippen LogP contribution in [0.1, 0.15) is 11.1 Å². The molecule has 0 bridgehead atoms. The Labute approximate surface area is 200 Å². The molecule has 2 aromatic rings. The molecule has 0 radical (unpaired) electrons. The fraction of sp³-hybridized carbons (Fsp3) is 0.417. The van der Waals surface area contributed by atoms with Crippen molar-refractivity contribution in [2.75, 3.05) is 51.3 Å². The minimum absolute atomic E-state index is 0.0591. The molecule has 2 amide bonds. The molecule has 32 heavy (non-hydrogen) atoms. The third-order valence-corrected chi connectivity index (χ3v) is 5.21. The van der Waals surface area contributed by atoms with Crippen molar-refractivity contribution in [1.29, 1.82) is 0 Å². The highest BCUT2D eigenvalue weighted by molar-refractivity contribution is 6.27. The molecule has 0 atom stereocenters. The van der Waals surface area contributed by atoms with Crippen molar-refractivity contribution >= 4 is 35.0 Å². The van der Waals surface area contributed by atoms with Gasteiger partial charge in [-0.15, -0.1) is 23.2 Å². The average Bonchev–Trinajstić information content (AvgIpc) is 2.84. The highest BCUT2D eigenvalue weighted by Gasteiger charge is 2.14. The summed E-state index contributed by atoms with van der Waals surface area (Å²) in [5, 5.41) is 0. The van der Waals surface area contributed by atoms with Gasteiger partial charge in [-0.05, 0) is 11.1 Å². The summed E-state index contributed by atoms with van der Waals surface area (Å²) in [6, 6.07) is 19.5. The van der Waals surface area contributed by atoms with Crippen LogP contribution < -0.4 is 0 Å². The van der Waals surface area contributed by atoms with Crippen molar-refractivity contribution in [3.05, 3.63) is 71.8 Å². The summed E-state index contributed by atoms with van der Waals surface area (Å²) in [5.41, 5.74) is 2.08. The van der Waals surface area contributed by atoms with Gasteiger partial charge >= 0.3 is 0 Å². The smallest absolute Gasteiger partial charge is 0.237 e. The zero-order chi connectivity index (χ0) is 23.0. The normalized spacial score (nSPS) is 10.7. The van der Waals surface area contributed by atoms with Crippen LogP contribution >= 0.6 is 23.2 Å². The Morgan fingerprint density at radius 1 is 0.625 bits per heavy atom. The first-order chi connectivity index (χ1) is 15.6. The predicted octanol–water partition coefficient (Wildman–Crippen LogP) is 3.55. The van der Waals surface area contributed by atoms with E-state index >= 15 is 0 Å². The van der Waals surface area contributed by atoms with E-state index in [-0.39, 0.29) is 23.6 Å². The van der Waals surface area contributed by atoms with Gasteiger partial charge in [-0.3, -0.25) is 9.59 Å². The van der Waals surface area contributed by atoms with E-state index in [1.165, 1.54) is 0 Å². The van der Waals surface area contributed by atoms with Crippen molar-refractivity contribution in [3.63, 3.8) is 0 Å². The number of benzene rings is 2. The molecule has 2 aromatic carbocycles. The van der Waals surface area contributed by atoms with Crippen LogP contribution in [0.25, 0.3) is 0 Å². The first-order valence-electron chi connectivity index (χ1n) is 10.5. The molecule has 0 aromatic heterocycles. The van der Waals surface area contributed by atoms with Gasteiger partial charge in [-0.25, -0.2) is 0 Å². The lowest BCUT2D eigenvalue weighted by molar-refractivity contribution is -0.131. The van der Waals surface area contributed by atoms with E-state index in [1.54, 1.807) is 9.80 Å². The summed E-state index contributed by atoms with van der Waals surface area (Å²) in [7, 11) is 0. The summed E-state index contributed by atoms with van der Waals surface area (Å²) in [6.07, 6.45) is 0. The Kier molecular flexibility index (Phi) is 12.8. The highest BCUT2D eigenvalue weighted by Crippen LogP contribution is 2.07. The zero-order valence-corrected chi connectivity index (χ0v) is 19.6. The van der Waals surface area contributed by atoms with Gasteiger partial charge in [-0.2, -0.15) is 0 Å². The summed E-state index contributed by atoms with van der Waals surface area (Å²) in [4.78, 5) is 27.5. The van der Waals surface area contributed by atoms with E-state index in [0.29, 0.717) is 52.6 Å². The number of rotatable bonds is 15. The standard InChI is InChI=1S/C24H30Cl2N2O4/c25-17-23(29)27(19-21-7-3-1-4-8-21)11-13-31-15-16-32-14-12-28(24(30)18-26)20-22-9-5-2-6-10-22/h1-10H,11-20H2. The summed E-state index contributed by atoms with van der Waals surface area (Å²) in [6.45, 7) is 3.49. The minimum atomic E-state index is -0.127. The number of halogens is 2. The molecule has 0 unspecified atom stereocenters. The fourth-order valence-corrected chi connectivity index (χ4v) is 3.37.